The molecule has 0 heterocycles. The Kier molecular flexibility index (Phi) is 19.5. The maximum atomic E-state index is 11.1. The lowest BCUT2D eigenvalue weighted by molar-refractivity contribution is -0.143. The maximum absolute atomic E-state index is 11.1. The van der Waals surface area contributed by atoms with Crippen molar-refractivity contribution in [2.24, 2.45) is 51.2 Å². The van der Waals surface area contributed by atoms with E-state index in [1.807, 2.05) is 0 Å². The molecule has 9 N–H and O–H groups in total. The van der Waals surface area contributed by atoms with E-state index in [4.69, 9.17) is 32.5 Å². The Morgan fingerprint density at radius 3 is 1.22 bits per heavy atom. The number of carbonyl (C=O) groups is 3. The third-order valence-electron chi connectivity index (χ3n) is 11.4. The van der Waals surface area contributed by atoms with Crippen LogP contribution in [-0.4, -0.2) is 52.9 Å². The van der Waals surface area contributed by atoms with Gasteiger partial charge in [0.25, 0.3) is 0 Å². The van der Waals surface area contributed by atoms with E-state index in [-0.39, 0.29) is 53.6 Å². The van der Waals surface area contributed by atoms with Crippen molar-refractivity contribution in [3.8, 4) is 0 Å². The lowest BCUT2D eigenvalue weighted by Crippen LogP contribution is -2.33. The van der Waals surface area contributed by atoms with Gasteiger partial charge in [-0.1, -0.05) is 91.4 Å². The molecule has 3 rings (SSSR count). The highest BCUT2D eigenvalue weighted by atomic mass is 16.4. The molecule has 0 spiro atoms. The molecule has 0 aromatic rings. The molecule has 0 aliphatic heterocycles. The third kappa shape index (κ3) is 14.7. The standard InChI is InChI=1S/C13H25NO2.C12H23NO2.C11H21NO2/c1-2-6-13(7-4-3-5-8-13)9-11(10-14)12(15)16;1-2-12(6-4-3-5-7-12)8-10(9-13)11(14)15;1-11(5-3-2-4-6-11)7-9(8-12)10(13)14/h11H,2-10,14H2,1H3,(H,15,16);10H,2-9,13H2,1H3,(H,14,15);9H,2-8,12H2,1H3,(H,13,14). The van der Waals surface area contributed by atoms with Crippen molar-refractivity contribution in [1.29, 1.82) is 0 Å². The molecule has 0 amide bonds. The van der Waals surface area contributed by atoms with Gasteiger partial charge in [0.05, 0.1) is 17.8 Å². The number of carboxylic acids is 3. The van der Waals surface area contributed by atoms with Crippen LogP contribution in [0.5, 0.6) is 0 Å². The molecule has 0 radical (unpaired) electrons. The van der Waals surface area contributed by atoms with Crippen LogP contribution in [0.4, 0.5) is 0 Å². The van der Waals surface area contributed by atoms with Crippen molar-refractivity contribution in [2.75, 3.05) is 19.6 Å². The van der Waals surface area contributed by atoms with Crippen molar-refractivity contribution in [1.82, 2.24) is 0 Å². The monoisotopic (exact) mass is 640 g/mol. The van der Waals surface area contributed by atoms with Crippen molar-refractivity contribution < 1.29 is 29.7 Å². The van der Waals surface area contributed by atoms with Gasteiger partial charge in [-0.25, -0.2) is 0 Å². The summed E-state index contributed by atoms with van der Waals surface area (Å²) in [6, 6.07) is 0. The quantitative estimate of drug-likeness (QED) is 0.108. The first-order valence-electron chi connectivity index (χ1n) is 18.1. The molecule has 264 valence electrons. The number of nitrogens with two attached hydrogens (primary N) is 3. The van der Waals surface area contributed by atoms with Gasteiger partial charge in [-0.05, 0) is 80.5 Å². The van der Waals surface area contributed by atoms with Gasteiger partial charge in [0, 0.05) is 19.6 Å². The van der Waals surface area contributed by atoms with Gasteiger partial charge >= 0.3 is 17.9 Å². The minimum Gasteiger partial charge on any atom is -0.481 e. The van der Waals surface area contributed by atoms with E-state index in [1.165, 1.54) is 83.5 Å². The Morgan fingerprint density at radius 1 is 0.556 bits per heavy atom. The van der Waals surface area contributed by atoms with Crippen LogP contribution >= 0.6 is 0 Å². The van der Waals surface area contributed by atoms with Crippen LogP contribution in [0.15, 0.2) is 0 Å². The second-order valence-electron chi connectivity index (χ2n) is 15.0. The molecule has 9 nitrogen and oxygen atoms in total. The second kappa shape index (κ2) is 21.2. The maximum Gasteiger partial charge on any atom is 0.307 e. The zero-order valence-electron chi connectivity index (χ0n) is 29.0. The van der Waals surface area contributed by atoms with Gasteiger partial charge in [-0.15, -0.1) is 0 Å². The average Bonchev–Trinajstić information content (AvgIpc) is 3.03. The normalized spacial score (nSPS) is 22.3. The molecular formula is C36H69N3O6. The summed E-state index contributed by atoms with van der Waals surface area (Å²) in [7, 11) is 0. The van der Waals surface area contributed by atoms with Gasteiger partial charge in [0.15, 0.2) is 0 Å². The van der Waals surface area contributed by atoms with E-state index in [2.05, 4.69) is 20.8 Å². The lowest BCUT2D eigenvalue weighted by Gasteiger charge is -2.39. The van der Waals surface area contributed by atoms with Crippen molar-refractivity contribution in [3.63, 3.8) is 0 Å². The summed E-state index contributed by atoms with van der Waals surface area (Å²) in [5, 5.41) is 27.1. The fourth-order valence-electron chi connectivity index (χ4n) is 8.46. The van der Waals surface area contributed by atoms with E-state index >= 15 is 0 Å². The number of hydrogen-bond acceptors (Lipinski definition) is 6. The molecule has 3 aliphatic carbocycles. The molecule has 0 saturated heterocycles. The number of aliphatic carboxylic acids is 3. The van der Waals surface area contributed by atoms with Gasteiger partial charge in [0.2, 0.25) is 0 Å². The molecule has 0 aromatic heterocycles. The minimum atomic E-state index is -0.737. The molecule has 3 saturated carbocycles. The van der Waals surface area contributed by atoms with E-state index < -0.39 is 17.9 Å². The number of carboxylic acid groups (broad SMARTS) is 3. The summed E-state index contributed by atoms with van der Waals surface area (Å²) in [6.45, 7) is 7.40. The highest BCUT2D eigenvalue weighted by molar-refractivity contribution is 5.71. The molecule has 0 aromatic carbocycles. The predicted molar refractivity (Wildman–Crippen MR) is 182 cm³/mol. The van der Waals surface area contributed by atoms with E-state index in [1.54, 1.807) is 0 Å². The van der Waals surface area contributed by atoms with Crippen LogP contribution in [0.25, 0.3) is 0 Å². The van der Waals surface area contributed by atoms with Gasteiger partial charge in [-0.3, -0.25) is 14.4 Å². The lowest BCUT2D eigenvalue weighted by atomic mass is 9.66. The summed E-state index contributed by atoms with van der Waals surface area (Å²) in [6.07, 6.45) is 24.3. The highest BCUT2D eigenvalue weighted by Crippen LogP contribution is 2.46. The molecule has 3 unspecified atom stereocenters. The summed E-state index contributed by atoms with van der Waals surface area (Å²) < 4.78 is 0. The Labute approximate surface area is 273 Å². The summed E-state index contributed by atoms with van der Waals surface area (Å²) in [4.78, 5) is 32.9. The molecule has 0 bridgehead atoms. The van der Waals surface area contributed by atoms with Crippen LogP contribution in [0, 0.1) is 34.0 Å². The van der Waals surface area contributed by atoms with Crippen molar-refractivity contribution >= 4 is 17.9 Å². The molecule has 9 heteroatoms. The molecule has 3 atom stereocenters. The largest absolute Gasteiger partial charge is 0.481 e. The molecular weight excluding hydrogens is 570 g/mol. The van der Waals surface area contributed by atoms with Crippen LogP contribution in [0.3, 0.4) is 0 Å². The average molecular weight is 640 g/mol. The zero-order chi connectivity index (χ0) is 33.9. The van der Waals surface area contributed by atoms with E-state index in [9.17, 15) is 14.4 Å². The summed E-state index contributed by atoms with van der Waals surface area (Å²) >= 11 is 0. The topological polar surface area (TPSA) is 190 Å². The highest BCUT2D eigenvalue weighted by Gasteiger charge is 2.36. The van der Waals surface area contributed by atoms with Crippen LogP contribution in [-0.2, 0) is 14.4 Å². The Morgan fingerprint density at radius 2 is 0.889 bits per heavy atom. The first kappa shape index (κ1) is 41.3. The SMILES string of the molecule is CC1(CC(CN)C(=O)O)CCCCC1.CCC1(CC(CN)C(=O)O)CCCCC1.CCCC1(CC(CN)C(=O)O)CCCCC1. The fourth-order valence-corrected chi connectivity index (χ4v) is 8.46. The smallest absolute Gasteiger partial charge is 0.307 e. The van der Waals surface area contributed by atoms with Crippen LogP contribution < -0.4 is 17.2 Å². The predicted octanol–water partition coefficient (Wildman–Crippen LogP) is 7.19. The second-order valence-corrected chi connectivity index (χ2v) is 15.0. The first-order chi connectivity index (χ1) is 21.3. The van der Waals surface area contributed by atoms with Crippen molar-refractivity contribution in [2.45, 2.75) is 156 Å². The molecule has 3 aliphatic rings. The van der Waals surface area contributed by atoms with E-state index in [0.29, 0.717) is 0 Å². The van der Waals surface area contributed by atoms with Gasteiger partial charge in [-0.2, -0.15) is 0 Å². The number of rotatable bonds is 15. The Bertz CT molecular complexity index is 842. The third-order valence-corrected chi connectivity index (χ3v) is 11.4. The zero-order valence-corrected chi connectivity index (χ0v) is 29.0. The number of hydrogen-bond donors (Lipinski definition) is 6. The van der Waals surface area contributed by atoms with Crippen LogP contribution in [0.2, 0.25) is 0 Å². The Balaban J connectivity index is 0.000000338. The first-order valence-corrected chi connectivity index (χ1v) is 18.1. The summed E-state index contributed by atoms with van der Waals surface area (Å²) in [5.41, 5.74) is 17.3. The van der Waals surface area contributed by atoms with E-state index in [0.717, 1.165) is 51.4 Å². The van der Waals surface area contributed by atoms with Crippen LogP contribution in [0.1, 0.15) is 156 Å². The fraction of sp³-hybridized carbons (Fsp3) is 0.917. The van der Waals surface area contributed by atoms with Gasteiger partial charge in [0.1, 0.15) is 0 Å². The Hall–Kier alpha value is -1.71. The molecule has 3 fully saturated rings. The van der Waals surface area contributed by atoms with Gasteiger partial charge < -0.3 is 32.5 Å². The minimum absolute atomic E-state index is 0.223. The summed E-state index contributed by atoms with van der Waals surface area (Å²) in [5.74, 6) is -3.22. The molecule has 45 heavy (non-hydrogen) atoms. The van der Waals surface area contributed by atoms with Crippen molar-refractivity contribution in [3.05, 3.63) is 0 Å².